The monoisotopic (exact) mass is 1450 g/mol. The summed E-state index contributed by atoms with van der Waals surface area (Å²) < 4.78 is 138. The molecule has 0 aliphatic carbocycles. The third-order valence-corrected chi connectivity index (χ3v) is 14.2. The number of aromatic carboxylic acids is 1. The van der Waals surface area contributed by atoms with Gasteiger partial charge in [0.1, 0.15) is 30.7 Å². The summed E-state index contributed by atoms with van der Waals surface area (Å²) in [7, 11) is -7.27. The van der Waals surface area contributed by atoms with Crippen LogP contribution in [-0.4, -0.2) is 186 Å². The van der Waals surface area contributed by atoms with Gasteiger partial charge in [-0.25, -0.2) is 42.0 Å². The number of carboxylic acids is 2. The largest absolute Gasteiger partial charge is 0.778 e. The van der Waals surface area contributed by atoms with Gasteiger partial charge < -0.3 is 53.1 Å². The van der Waals surface area contributed by atoms with Crippen molar-refractivity contribution in [3.8, 4) is 47.3 Å². The Bertz CT molecular complexity index is 3990. The van der Waals surface area contributed by atoms with Crippen molar-refractivity contribution in [2.75, 3.05) is 77.2 Å². The third-order valence-electron chi connectivity index (χ3n) is 10.3. The number of hydrogen-bond donors (Lipinski definition) is 8. The summed E-state index contributed by atoms with van der Waals surface area (Å²) in [6, 6.07) is 9.24. The minimum atomic E-state index is -4.71. The number of carboxylic acid groups (broad SMARTS) is 2. The number of terminal acetylenes is 1. The molecule has 44 heteroatoms. The van der Waals surface area contributed by atoms with Gasteiger partial charge in [-0.15, -0.1) is 11.5 Å². The Balaban J connectivity index is 0.000000335. The number of aryl methyl sites for hydroxylation is 1. The molecular weight excluding hydrogens is 1390 g/mol. The smallest absolute Gasteiger partial charge is 0.388 e. The van der Waals surface area contributed by atoms with Gasteiger partial charge in [0.05, 0.1) is 84.8 Å². The normalized spacial score (nSPS) is 12.1. The van der Waals surface area contributed by atoms with Crippen molar-refractivity contribution in [3.63, 3.8) is 0 Å². The average molecular weight is 1450 g/mol. The summed E-state index contributed by atoms with van der Waals surface area (Å²) in [6.07, 6.45) is 15.0. The zero-order valence-electron chi connectivity index (χ0n) is 49.8. The lowest BCUT2D eigenvalue weighted by atomic mass is 10.2. The van der Waals surface area contributed by atoms with Crippen LogP contribution in [0.3, 0.4) is 0 Å². The number of benzene rings is 2. The van der Waals surface area contributed by atoms with Gasteiger partial charge in [-0.1, -0.05) is 41.3 Å². The predicted molar refractivity (Wildman–Crippen MR) is 325 cm³/mol. The van der Waals surface area contributed by atoms with Crippen molar-refractivity contribution < 1.29 is 107 Å². The maximum absolute atomic E-state index is 12.5. The van der Waals surface area contributed by atoms with E-state index in [1.165, 1.54) is 85.2 Å². The number of carbonyl (C=O) groups excluding carboxylic acids is 3. The highest BCUT2D eigenvalue weighted by Crippen LogP contribution is 2.33. The van der Waals surface area contributed by atoms with E-state index in [2.05, 4.69) is 69.5 Å². The summed E-state index contributed by atoms with van der Waals surface area (Å²) in [5.74, 6) is -2.78. The topological polar surface area (TPSA) is 468 Å². The predicted octanol–water partition coefficient (Wildman–Crippen LogP) is 3.34. The number of sulfonamides is 2. The number of ether oxygens (including phenoxy) is 5. The van der Waals surface area contributed by atoms with Gasteiger partial charge in [-0.3, -0.25) is 30.1 Å². The number of pyridine rings is 1. The second-order valence-electron chi connectivity index (χ2n) is 18.2. The minimum absolute atomic E-state index is 0.0788. The fourth-order valence-electron chi connectivity index (χ4n) is 6.69. The van der Waals surface area contributed by atoms with E-state index in [0.717, 1.165) is 37.2 Å². The molecule has 6 aromatic rings. The van der Waals surface area contributed by atoms with E-state index in [1.54, 1.807) is 20.7 Å². The van der Waals surface area contributed by atoms with Crippen LogP contribution in [0.5, 0.6) is 29.3 Å². The first-order valence-electron chi connectivity index (χ1n) is 25.5. The van der Waals surface area contributed by atoms with E-state index in [1.807, 2.05) is 5.32 Å². The molecule has 512 valence electrons. The Morgan fingerprint density at radius 1 is 0.809 bits per heavy atom. The number of anilines is 2. The number of rotatable bonds is 21. The van der Waals surface area contributed by atoms with Crippen molar-refractivity contribution in [1.82, 2.24) is 58.9 Å². The molecule has 1 atom stereocenters. The highest BCUT2D eigenvalue weighted by molar-refractivity contribution is 7.94. The Morgan fingerprint density at radius 2 is 1.33 bits per heavy atom. The Labute approximate surface area is 544 Å². The summed E-state index contributed by atoms with van der Waals surface area (Å²) in [4.78, 5) is 106. The van der Waals surface area contributed by atoms with Crippen molar-refractivity contribution in [2.24, 2.45) is 0 Å². The molecule has 0 saturated carbocycles. The van der Waals surface area contributed by atoms with E-state index in [4.69, 9.17) is 58.9 Å². The van der Waals surface area contributed by atoms with Crippen molar-refractivity contribution in [1.29, 1.82) is 0 Å². The van der Waals surface area contributed by atoms with Gasteiger partial charge in [0.15, 0.2) is 5.03 Å². The lowest BCUT2D eigenvalue weighted by molar-refractivity contribution is -0.193. The zero-order valence-corrected chi connectivity index (χ0v) is 54.6. The zero-order chi connectivity index (χ0) is 70.8. The lowest BCUT2D eigenvalue weighted by Gasteiger charge is -2.14. The van der Waals surface area contributed by atoms with E-state index in [-0.39, 0.29) is 35.6 Å². The van der Waals surface area contributed by atoms with Crippen molar-refractivity contribution in [3.05, 3.63) is 104 Å². The molecule has 1 aliphatic heterocycles. The van der Waals surface area contributed by atoms with Crippen LogP contribution in [0.25, 0.3) is 5.69 Å². The molecule has 5 heterocycles. The molecule has 1 aliphatic rings. The SMILES string of the molecule is C#CCOc1cc(-n2nc3n(c2=O)CCCC3)c(Cl)cc1Cl.COc1cc(OC)nc(NC(=O)NS(=O)(=O)c2ncccc2C(=O)N(C)C)n1.C[S+](C)C.O=C(Nc1nc(OC(F)F)cc(OC(F)F)n1)NS(=O)(=O)c1ccccc1C(=O)O.O=C(O)CNCP(=O)([O-])O. The summed E-state index contributed by atoms with van der Waals surface area (Å²) in [5.41, 5.74) is -0.604. The van der Waals surface area contributed by atoms with Crippen LogP contribution in [0.1, 0.15) is 39.4 Å². The Morgan fingerprint density at radius 3 is 1.82 bits per heavy atom. The van der Waals surface area contributed by atoms with Crippen LogP contribution in [0.2, 0.25) is 10.0 Å². The summed E-state index contributed by atoms with van der Waals surface area (Å²) >= 11 is 12.3. The highest BCUT2D eigenvalue weighted by atomic mass is 35.5. The van der Waals surface area contributed by atoms with E-state index in [0.29, 0.717) is 45.0 Å². The van der Waals surface area contributed by atoms with Crippen LogP contribution in [0.15, 0.2) is 81.6 Å². The molecule has 34 nitrogen and oxygen atoms in total. The average Bonchev–Trinajstić information content (AvgIpc) is 1.54. The number of urea groups is 2. The van der Waals surface area contributed by atoms with Gasteiger partial charge in [0.2, 0.25) is 35.4 Å². The number of amides is 5. The highest BCUT2D eigenvalue weighted by Gasteiger charge is 2.29. The minimum Gasteiger partial charge on any atom is -0.778 e. The number of nitrogens with zero attached hydrogens (tertiary/aromatic N) is 9. The standard InChI is InChI=1S/C15H13Cl2N3O2.C15H18N6O6S.C14H10F4N4O7S.C3H8NO5P.C3H9S/c1-2-7-22-13-9-12(10(16)8-11(13)17)20-15(21)19-6-4-3-5-14(19)18-20;1-21(2)13(22)9-6-5-7-16-12(9)28(24,25)20-15(23)19-14-17-10(26-3)8-11(18-14)27-4;15-11(16)28-8-5-9(29-12(17)18)20-13(19-8)21-14(25)22-30(26,27)7-4-2-1-3-6(7)10(23)24;5-3(6)1-4-2-10(7,8)9;1-4(2)3/h1,8-9H,3-7H2;5-8H,1-4H3,(H2,17,18,19,20,23);1-5,11-12H,(H,23,24)(H2,19,20,21,22,25);4H,1-2H2,(H,5,6)(H2,7,8,9);1-3H3/q;;;;+1/p-1. The third kappa shape index (κ3) is 26.5. The van der Waals surface area contributed by atoms with Gasteiger partial charge in [-0.2, -0.15) is 50.6 Å². The molecule has 8 N–H and O–H groups in total. The number of aliphatic carboxylic acids is 1. The quantitative estimate of drug-likeness (QED) is 0.0222. The van der Waals surface area contributed by atoms with Crippen molar-refractivity contribution in [2.45, 2.75) is 49.0 Å². The first-order valence-corrected chi connectivity index (χ1v) is 33.5. The molecule has 7 rings (SSSR count). The first-order chi connectivity index (χ1) is 43.9. The summed E-state index contributed by atoms with van der Waals surface area (Å²) in [6.45, 7) is -6.54. The van der Waals surface area contributed by atoms with E-state index < -0.39 is 117 Å². The number of nitrogens with one attached hydrogen (secondary N) is 5. The fourth-order valence-corrected chi connectivity index (χ4v) is 9.75. The number of aromatic nitrogens is 8. The number of carbonyl (C=O) groups is 5. The molecule has 4 aromatic heterocycles. The van der Waals surface area contributed by atoms with E-state index >= 15 is 0 Å². The summed E-state index contributed by atoms with van der Waals surface area (Å²) in [5, 5.41) is 27.3. The molecule has 0 saturated heterocycles. The molecular formula is C50H57Cl2F4N14O20PS3. The van der Waals surface area contributed by atoms with Crippen LogP contribution in [0.4, 0.5) is 39.0 Å². The lowest BCUT2D eigenvalue weighted by Crippen LogP contribution is -2.36. The molecule has 5 amide bonds. The Hall–Kier alpha value is -9.14. The van der Waals surface area contributed by atoms with Gasteiger partial charge in [0, 0.05) is 39.3 Å². The molecule has 0 bridgehead atoms. The van der Waals surface area contributed by atoms with Gasteiger partial charge in [-0.05, 0) is 54.1 Å². The molecule has 0 spiro atoms. The number of fused-ring (bicyclic) bond motifs is 1. The fraction of sp³-hybridized carbons (Fsp3) is 0.320. The second-order valence-corrected chi connectivity index (χ2v) is 26.3. The van der Waals surface area contributed by atoms with Crippen LogP contribution in [-0.2, 0) is 53.3 Å². The Kier molecular flexibility index (Phi) is 31.1. The van der Waals surface area contributed by atoms with E-state index in [9.17, 15) is 72.6 Å². The first kappa shape index (κ1) is 79.1. The molecule has 0 fully saturated rings. The maximum Gasteiger partial charge on any atom is 0.388 e. The van der Waals surface area contributed by atoms with Crippen LogP contribution < -0.4 is 59.7 Å². The van der Waals surface area contributed by atoms with Crippen LogP contribution >= 0.6 is 30.8 Å². The van der Waals surface area contributed by atoms with Crippen molar-refractivity contribution >= 4 is 104 Å². The maximum atomic E-state index is 12.5. The van der Waals surface area contributed by atoms with Gasteiger partial charge >= 0.3 is 42.9 Å². The number of halogens is 6. The molecule has 0 radical (unpaired) electrons. The number of alkyl halides is 4. The number of methoxy groups -OCH3 is 2. The number of hydrogen-bond acceptors (Lipinski definition) is 24. The van der Waals surface area contributed by atoms with Gasteiger partial charge in [0.25, 0.3) is 26.0 Å². The molecule has 2 aromatic carbocycles. The molecule has 1 unspecified atom stereocenters. The van der Waals surface area contributed by atoms with Crippen LogP contribution in [0, 0.1) is 12.3 Å². The second kappa shape index (κ2) is 36.9. The molecule has 94 heavy (non-hydrogen) atoms.